The van der Waals surface area contributed by atoms with Gasteiger partial charge in [0.2, 0.25) is 0 Å². The molecule has 0 radical (unpaired) electrons. The first kappa shape index (κ1) is 21.2. The summed E-state index contributed by atoms with van der Waals surface area (Å²) in [6.07, 6.45) is 1.21. The van der Waals surface area contributed by atoms with Crippen LogP contribution in [-0.2, 0) is 4.79 Å². The first-order valence-electron chi connectivity index (χ1n) is 9.71. The smallest absolute Gasteiger partial charge is 0.326 e. The highest BCUT2D eigenvalue weighted by Crippen LogP contribution is 2.21. The van der Waals surface area contributed by atoms with Crippen molar-refractivity contribution in [3.05, 3.63) is 71.3 Å². The van der Waals surface area contributed by atoms with Crippen molar-refractivity contribution in [1.82, 2.24) is 15.8 Å². The maximum Gasteiger partial charge on any atom is 0.326 e. The van der Waals surface area contributed by atoms with E-state index in [9.17, 15) is 24.3 Å². The third kappa shape index (κ3) is 4.72. The molecule has 0 spiro atoms. The van der Waals surface area contributed by atoms with E-state index in [0.29, 0.717) is 29.5 Å². The Kier molecular flexibility index (Phi) is 6.58. The molecule has 0 aromatic heterocycles. The van der Waals surface area contributed by atoms with Crippen LogP contribution < -0.4 is 10.7 Å². The zero-order valence-electron chi connectivity index (χ0n) is 16.5. The number of carbonyl (C=O) groups excluding carboxylic acids is 3. The van der Waals surface area contributed by atoms with Gasteiger partial charge < -0.3 is 10.4 Å². The van der Waals surface area contributed by atoms with Crippen LogP contribution in [0.25, 0.3) is 0 Å². The van der Waals surface area contributed by atoms with Crippen molar-refractivity contribution in [2.75, 3.05) is 0 Å². The number of hydrazine groups is 1. The maximum absolute atomic E-state index is 12.4. The summed E-state index contributed by atoms with van der Waals surface area (Å²) in [5.74, 6) is -2.36. The Hall–Kier alpha value is -3.52. The fourth-order valence-electron chi connectivity index (χ4n) is 3.31. The van der Waals surface area contributed by atoms with E-state index in [1.165, 1.54) is 0 Å². The Balaban J connectivity index is 1.50. The topological polar surface area (TPSA) is 116 Å². The molecule has 0 bridgehead atoms. The van der Waals surface area contributed by atoms with Gasteiger partial charge in [0, 0.05) is 11.6 Å². The highest BCUT2D eigenvalue weighted by atomic mass is 16.4. The number of fused-ring (bicyclic) bond motifs is 1. The summed E-state index contributed by atoms with van der Waals surface area (Å²) in [5.41, 5.74) is 4.00. The van der Waals surface area contributed by atoms with Crippen LogP contribution in [0.5, 0.6) is 0 Å². The van der Waals surface area contributed by atoms with Crippen LogP contribution >= 0.6 is 0 Å². The summed E-state index contributed by atoms with van der Waals surface area (Å²) in [6.45, 7) is 1.81. The fraction of sp³-hybridized carbons (Fsp3) is 0.273. The van der Waals surface area contributed by atoms with Gasteiger partial charge in [-0.15, -0.1) is 0 Å². The van der Waals surface area contributed by atoms with Gasteiger partial charge in [-0.25, -0.2) is 15.2 Å². The second kappa shape index (κ2) is 9.32. The molecular formula is C22H23N3O5. The van der Waals surface area contributed by atoms with Crippen LogP contribution in [0.4, 0.5) is 0 Å². The SMILES string of the molecule is CC(CCCC(NC(=O)c1ccccc1)C(=O)O)NN1C(=O)c2ccccc2C1=O. The number of nitrogens with one attached hydrogen (secondary N) is 2. The lowest BCUT2D eigenvalue weighted by molar-refractivity contribution is -0.139. The van der Waals surface area contributed by atoms with Gasteiger partial charge in [0.25, 0.3) is 17.7 Å². The highest BCUT2D eigenvalue weighted by molar-refractivity contribution is 6.20. The zero-order valence-corrected chi connectivity index (χ0v) is 16.5. The van der Waals surface area contributed by atoms with Gasteiger partial charge in [-0.1, -0.05) is 30.3 Å². The van der Waals surface area contributed by atoms with E-state index < -0.39 is 29.7 Å². The molecule has 0 fully saturated rings. The molecule has 1 aliphatic rings. The summed E-state index contributed by atoms with van der Waals surface area (Å²) in [4.78, 5) is 48.5. The largest absolute Gasteiger partial charge is 0.480 e. The molecule has 0 aliphatic carbocycles. The summed E-state index contributed by atoms with van der Waals surface area (Å²) >= 11 is 0. The third-order valence-corrected chi connectivity index (χ3v) is 4.91. The van der Waals surface area contributed by atoms with Gasteiger partial charge in [0.1, 0.15) is 6.04 Å². The maximum atomic E-state index is 12.4. The molecule has 2 aromatic carbocycles. The molecule has 2 unspecified atom stereocenters. The van der Waals surface area contributed by atoms with E-state index in [-0.39, 0.29) is 12.5 Å². The minimum absolute atomic E-state index is 0.224. The van der Waals surface area contributed by atoms with Crippen molar-refractivity contribution >= 4 is 23.7 Å². The van der Waals surface area contributed by atoms with Gasteiger partial charge in [-0.05, 0) is 50.5 Å². The molecule has 3 N–H and O–H groups in total. The van der Waals surface area contributed by atoms with Gasteiger partial charge in [-0.3, -0.25) is 14.4 Å². The van der Waals surface area contributed by atoms with E-state index in [1.54, 1.807) is 54.6 Å². The van der Waals surface area contributed by atoms with E-state index in [1.807, 2.05) is 6.92 Å². The lowest BCUT2D eigenvalue weighted by atomic mass is 10.1. The number of benzene rings is 2. The van der Waals surface area contributed by atoms with E-state index in [2.05, 4.69) is 10.7 Å². The van der Waals surface area contributed by atoms with Crippen LogP contribution in [0, 0.1) is 0 Å². The number of hydrogen-bond acceptors (Lipinski definition) is 5. The van der Waals surface area contributed by atoms with Gasteiger partial charge in [-0.2, -0.15) is 0 Å². The van der Waals surface area contributed by atoms with E-state index in [4.69, 9.17) is 0 Å². The molecule has 0 saturated heterocycles. The molecule has 8 nitrogen and oxygen atoms in total. The number of carbonyl (C=O) groups is 4. The van der Waals surface area contributed by atoms with Crippen LogP contribution in [0.2, 0.25) is 0 Å². The van der Waals surface area contributed by atoms with Crippen LogP contribution in [0.15, 0.2) is 54.6 Å². The molecule has 1 heterocycles. The second-order valence-corrected chi connectivity index (χ2v) is 7.18. The van der Waals surface area contributed by atoms with E-state index in [0.717, 1.165) is 5.01 Å². The molecule has 3 amide bonds. The molecule has 0 saturated carbocycles. The molecule has 2 aromatic rings. The first-order chi connectivity index (χ1) is 14.4. The summed E-state index contributed by atoms with van der Waals surface area (Å²) in [5, 5.41) is 12.9. The summed E-state index contributed by atoms with van der Waals surface area (Å²) in [7, 11) is 0. The lowest BCUT2D eigenvalue weighted by Gasteiger charge is -2.22. The fourth-order valence-corrected chi connectivity index (χ4v) is 3.31. The summed E-state index contributed by atoms with van der Waals surface area (Å²) < 4.78 is 0. The quantitative estimate of drug-likeness (QED) is 0.547. The minimum Gasteiger partial charge on any atom is -0.480 e. The number of imide groups is 1. The van der Waals surface area contributed by atoms with Crippen LogP contribution in [-0.4, -0.2) is 45.9 Å². The number of amides is 3. The molecule has 30 heavy (non-hydrogen) atoms. The van der Waals surface area contributed by atoms with Gasteiger partial charge >= 0.3 is 5.97 Å². The number of rotatable bonds is 9. The Labute approximate surface area is 173 Å². The predicted molar refractivity (Wildman–Crippen MR) is 109 cm³/mol. The normalized spacial score (nSPS) is 14.9. The third-order valence-electron chi connectivity index (χ3n) is 4.91. The monoisotopic (exact) mass is 409 g/mol. The Morgan fingerprint density at radius 3 is 2.07 bits per heavy atom. The van der Waals surface area contributed by atoms with Crippen molar-refractivity contribution < 1.29 is 24.3 Å². The highest BCUT2D eigenvalue weighted by Gasteiger charge is 2.36. The number of hydrogen-bond donors (Lipinski definition) is 3. The van der Waals surface area contributed by atoms with Crippen LogP contribution in [0.1, 0.15) is 57.3 Å². The average Bonchev–Trinajstić information content (AvgIpc) is 2.98. The average molecular weight is 409 g/mol. The molecule has 156 valence electrons. The molecule has 1 aliphatic heterocycles. The van der Waals surface area contributed by atoms with Crippen LogP contribution in [0.3, 0.4) is 0 Å². The molecular weight excluding hydrogens is 386 g/mol. The number of nitrogens with zero attached hydrogens (tertiary/aromatic N) is 1. The minimum atomic E-state index is -1.11. The first-order valence-corrected chi connectivity index (χ1v) is 9.71. The number of aliphatic carboxylic acids is 1. The van der Waals surface area contributed by atoms with Crippen molar-refractivity contribution in [1.29, 1.82) is 0 Å². The van der Waals surface area contributed by atoms with Gasteiger partial charge in [0.15, 0.2) is 0 Å². The van der Waals surface area contributed by atoms with E-state index >= 15 is 0 Å². The number of carboxylic acids is 1. The van der Waals surface area contributed by atoms with Gasteiger partial charge in [0.05, 0.1) is 11.1 Å². The molecule has 3 rings (SSSR count). The zero-order chi connectivity index (χ0) is 21.7. The Morgan fingerprint density at radius 2 is 1.50 bits per heavy atom. The Morgan fingerprint density at radius 1 is 0.933 bits per heavy atom. The predicted octanol–water partition coefficient (Wildman–Crippen LogP) is 2.23. The molecule has 8 heteroatoms. The van der Waals surface area contributed by atoms with Crippen molar-refractivity contribution in [2.45, 2.75) is 38.3 Å². The van der Waals surface area contributed by atoms with Crippen molar-refractivity contribution in [2.24, 2.45) is 0 Å². The van der Waals surface area contributed by atoms with Crippen molar-refractivity contribution in [3.63, 3.8) is 0 Å². The summed E-state index contributed by atoms with van der Waals surface area (Å²) in [6, 6.07) is 13.8. The Bertz CT molecular complexity index is 925. The molecule has 2 atom stereocenters. The lowest BCUT2D eigenvalue weighted by Crippen LogP contribution is -2.47. The van der Waals surface area contributed by atoms with Crippen molar-refractivity contribution in [3.8, 4) is 0 Å². The standard InChI is InChI=1S/C22H23N3O5/c1-14(24-25-20(27)16-11-5-6-12-17(16)21(25)28)8-7-13-18(22(29)30)23-19(26)15-9-3-2-4-10-15/h2-6,9-12,14,18,24H,7-8,13H2,1H3,(H,23,26)(H,29,30). The number of carboxylic acid groups (broad SMARTS) is 1. The second-order valence-electron chi connectivity index (χ2n) is 7.18.